The topological polar surface area (TPSA) is 64.0 Å². The van der Waals surface area contributed by atoms with Crippen molar-refractivity contribution < 1.29 is 4.79 Å². The SMILES string of the molecule is CCc1cc2c(=O)n(C(CC)C(=O)Nc3ccccc3C(C)C)cnc2s1. The molecule has 0 aliphatic rings. The van der Waals surface area contributed by atoms with Gasteiger partial charge in [0.25, 0.3) is 5.56 Å². The number of thiophene rings is 1. The monoisotopic (exact) mass is 383 g/mol. The molecule has 142 valence electrons. The van der Waals surface area contributed by atoms with Gasteiger partial charge in [-0.15, -0.1) is 11.3 Å². The summed E-state index contributed by atoms with van der Waals surface area (Å²) < 4.78 is 1.46. The molecule has 1 amide bonds. The minimum Gasteiger partial charge on any atom is -0.324 e. The van der Waals surface area contributed by atoms with E-state index in [1.54, 1.807) is 0 Å². The zero-order valence-corrected chi connectivity index (χ0v) is 17.0. The second-order valence-electron chi connectivity index (χ2n) is 6.90. The molecule has 2 heterocycles. The van der Waals surface area contributed by atoms with Crippen LogP contribution >= 0.6 is 11.3 Å². The third kappa shape index (κ3) is 3.81. The van der Waals surface area contributed by atoms with Crippen LogP contribution in [0.15, 0.2) is 41.5 Å². The number of aryl methyl sites for hydroxylation is 1. The van der Waals surface area contributed by atoms with Crippen LogP contribution in [0.2, 0.25) is 0 Å². The molecule has 0 bridgehead atoms. The van der Waals surface area contributed by atoms with Gasteiger partial charge in [0.05, 0.1) is 11.7 Å². The lowest BCUT2D eigenvalue weighted by molar-refractivity contribution is -0.119. The Hall–Kier alpha value is -2.47. The molecule has 5 nitrogen and oxygen atoms in total. The van der Waals surface area contributed by atoms with Gasteiger partial charge in [0.1, 0.15) is 10.9 Å². The number of rotatable bonds is 6. The molecule has 0 spiro atoms. The molecule has 1 aromatic carbocycles. The standard InChI is InChI=1S/C21H25N3O2S/c1-5-14-11-16-20(27-14)22-12-24(21(16)26)18(6-2)19(25)23-17-10-8-7-9-15(17)13(3)4/h7-13,18H,5-6H2,1-4H3,(H,23,25). The van der Waals surface area contributed by atoms with Gasteiger partial charge in [-0.2, -0.15) is 0 Å². The summed E-state index contributed by atoms with van der Waals surface area (Å²) in [6, 6.07) is 9.08. The first-order valence-electron chi connectivity index (χ1n) is 9.35. The molecule has 0 saturated carbocycles. The second-order valence-corrected chi connectivity index (χ2v) is 8.01. The predicted octanol–water partition coefficient (Wildman–Crippen LogP) is 4.73. The average molecular weight is 384 g/mol. The molecule has 3 rings (SSSR count). The maximum Gasteiger partial charge on any atom is 0.262 e. The number of hydrogen-bond donors (Lipinski definition) is 1. The molecule has 0 saturated heterocycles. The van der Waals surface area contributed by atoms with Crippen molar-refractivity contribution in [3.05, 3.63) is 57.5 Å². The molecule has 0 aliphatic heterocycles. The van der Waals surface area contributed by atoms with E-state index < -0.39 is 6.04 Å². The average Bonchev–Trinajstić information content (AvgIpc) is 3.09. The Morgan fingerprint density at radius 2 is 2.00 bits per heavy atom. The molecule has 27 heavy (non-hydrogen) atoms. The minimum atomic E-state index is -0.598. The number of amides is 1. The highest BCUT2D eigenvalue weighted by molar-refractivity contribution is 7.18. The van der Waals surface area contributed by atoms with E-state index >= 15 is 0 Å². The van der Waals surface area contributed by atoms with Crippen LogP contribution in [0.4, 0.5) is 5.69 Å². The molecule has 0 fully saturated rings. The van der Waals surface area contributed by atoms with Gasteiger partial charge in [-0.05, 0) is 36.5 Å². The van der Waals surface area contributed by atoms with Gasteiger partial charge >= 0.3 is 0 Å². The Balaban J connectivity index is 1.95. The highest BCUT2D eigenvalue weighted by atomic mass is 32.1. The maximum atomic E-state index is 13.0. The Morgan fingerprint density at radius 1 is 1.26 bits per heavy atom. The summed E-state index contributed by atoms with van der Waals surface area (Å²) in [5, 5.41) is 3.60. The van der Waals surface area contributed by atoms with Crippen LogP contribution < -0.4 is 10.9 Å². The van der Waals surface area contributed by atoms with Crippen molar-refractivity contribution in [2.24, 2.45) is 0 Å². The molecular formula is C21H25N3O2S. The first-order chi connectivity index (χ1) is 13.0. The molecule has 1 atom stereocenters. The van der Waals surface area contributed by atoms with Crippen LogP contribution in [0.3, 0.4) is 0 Å². The number of anilines is 1. The van der Waals surface area contributed by atoms with Crippen LogP contribution in [0.5, 0.6) is 0 Å². The van der Waals surface area contributed by atoms with E-state index in [4.69, 9.17) is 0 Å². The Bertz CT molecular complexity index is 1020. The van der Waals surface area contributed by atoms with E-state index in [0.29, 0.717) is 17.7 Å². The van der Waals surface area contributed by atoms with Crippen molar-refractivity contribution in [2.75, 3.05) is 5.32 Å². The van der Waals surface area contributed by atoms with E-state index in [2.05, 4.69) is 31.1 Å². The lowest BCUT2D eigenvalue weighted by Crippen LogP contribution is -2.33. The zero-order valence-electron chi connectivity index (χ0n) is 16.2. The number of benzene rings is 1. The first-order valence-corrected chi connectivity index (χ1v) is 10.2. The number of carbonyl (C=O) groups excluding carboxylic acids is 1. The molecule has 1 unspecified atom stereocenters. The lowest BCUT2D eigenvalue weighted by atomic mass is 10.0. The van der Waals surface area contributed by atoms with E-state index in [-0.39, 0.29) is 11.5 Å². The molecule has 2 aromatic heterocycles. The van der Waals surface area contributed by atoms with Gasteiger partial charge in [-0.25, -0.2) is 4.98 Å². The highest BCUT2D eigenvalue weighted by Gasteiger charge is 2.22. The van der Waals surface area contributed by atoms with Gasteiger partial charge in [-0.1, -0.05) is 45.9 Å². The fourth-order valence-electron chi connectivity index (χ4n) is 3.22. The van der Waals surface area contributed by atoms with Crippen LogP contribution in [0, 0.1) is 0 Å². The fraction of sp³-hybridized carbons (Fsp3) is 0.381. The molecular weight excluding hydrogens is 358 g/mol. The number of aromatic nitrogens is 2. The third-order valence-corrected chi connectivity index (χ3v) is 5.93. The van der Waals surface area contributed by atoms with Crippen LogP contribution in [-0.4, -0.2) is 15.5 Å². The van der Waals surface area contributed by atoms with Crippen molar-refractivity contribution in [3.8, 4) is 0 Å². The van der Waals surface area contributed by atoms with Crippen molar-refractivity contribution in [3.63, 3.8) is 0 Å². The summed E-state index contributed by atoms with van der Waals surface area (Å²) >= 11 is 1.53. The van der Waals surface area contributed by atoms with Gasteiger partial charge in [-0.3, -0.25) is 14.2 Å². The van der Waals surface area contributed by atoms with Crippen LogP contribution in [0.25, 0.3) is 10.2 Å². The largest absolute Gasteiger partial charge is 0.324 e. The minimum absolute atomic E-state index is 0.157. The quantitative estimate of drug-likeness (QED) is 0.669. The second kappa shape index (κ2) is 8.05. The highest BCUT2D eigenvalue weighted by Crippen LogP contribution is 2.26. The van der Waals surface area contributed by atoms with Gasteiger partial charge < -0.3 is 5.32 Å². The summed E-state index contributed by atoms with van der Waals surface area (Å²) in [6.45, 7) is 8.14. The summed E-state index contributed by atoms with van der Waals surface area (Å²) in [4.78, 5) is 32.2. The third-order valence-electron chi connectivity index (χ3n) is 4.74. The number of hydrogen-bond acceptors (Lipinski definition) is 4. The molecule has 6 heteroatoms. The first kappa shape index (κ1) is 19.3. The maximum absolute atomic E-state index is 13.0. The number of nitrogens with zero attached hydrogens (tertiary/aromatic N) is 2. The van der Waals surface area contributed by atoms with Crippen LogP contribution in [-0.2, 0) is 11.2 Å². The van der Waals surface area contributed by atoms with Crippen LogP contribution in [0.1, 0.15) is 56.5 Å². The van der Waals surface area contributed by atoms with E-state index in [0.717, 1.165) is 27.4 Å². The Labute approximate surface area is 163 Å². The fourth-order valence-corrected chi connectivity index (χ4v) is 4.15. The van der Waals surface area contributed by atoms with Crippen molar-refractivity contribution in [1.29, 1.82) is 0 Å². The molecule has 3 aromatic rings. The molecule has 1 N–H and O–H groups in total. The van der Waals surface area contributed by atoms with E-state index in [9.17, 15) is 9.59 Å². The van der Waals surface area contributed by atoms with Gasteiger partial charge in [0, 0.05) is 10.6 Å². The van der Waals surface area contributed by atoms with E-state index in [1.165, 1.54) is 22.2 Å². The smallest absolute Gasteiger partial charge is 0.262 e. The summed E-state index contributed by atoms with van der Waals surface area (Å²) in [5.41, 5.74) is 1.71. The summed E-state index contributed by atoms with van der Waals surface area (Å²) in [6.07, 6.45) is 2.88. The predicted molar refractivity (Wildman–Crippen MR) is 112 cm³/mol. The van der Waals surface area contributed by atoms with Crippen molar-refractivity contribution in [1.82, 2.24) is 9.55 Å². The van der Waals surface area contributed by atoms with Crippen molar-refractivity contribution in [2.45, 2.75) is 52.5 Å². The van der Waals surface area contributed by atoms with Crippen molar-refractivity contribution >= 4 is 33.1 Å². The Morgan fingerprint density at radius 3 is 2.67 bits per heavy atom. The number of carbonyl (C=O) groups is 1. The van der Waals surface area contributed by atoms with Gasteiger partial charge in [0.2, 0.25) is 5.91 Å². The number of nitrogens with one attached hydrogen (secondary N) is 1. The zero-order chi connectivity index (χ0) is 19.6. The number of fused-ring (bicyclic) bond motifs is 1. The number of para-hydroxylation sites is 1. The molecule has 0 aliphatic carbocycles. The summed E-state index contributed by atoms with van der Waals surface area (Å²) in [5.74, 6) is 0.0976. The lowest BCUT2D eigenvalue weighted by Gasteiger charge is -2.19. The molecule has 0 radical (unpaired) electrons. The Kier molecular flexibility index (Phi) is 5.75. The summed E-state index contributed by atoms with van der Waals surface area (Å²) in [7, 11) is 0. The normalized spacial score (nSPS) is 12.5. The van der Waals surface area contributed by atoms with E-state index in [1.807, 2.05) is 37.3 Å². The van der Waals surface area contributed by atoms with Gasteiger partial charge in [0.15, 0.2) is 0 Å².